The van der Waals surface area contributed by atoms with Gasteiger partial charge in [0.1, 0.15) is 24.6 Å². The van der Waals surface area contributed by atoms with Crippen molar-refractivity contribution in [3.63, 3.8) is 0 Å². The van der Waals surface area contributed by atoms with Crippen LogP contribution >= 0.6 is 0 Å². The van der Waals surface area contributed by atoms with Crippen molar-refractivity contribution in [2.75, 3.05) is 25.6 Å². The Morgan fingerprint density at radius 3 is 2.88 bits per heavy atom. The first kappa shape index (κ1) is 15.5. The van der Waals surface area contributed by atoms with E-state index in [9.17, 15) is 4.79 Å². The summed E-state index contributed by atoms with van der Waals surface area (Å²) in [7, 11) is 1.63. The number of nitrogens with zero attached hydrogens (tertiary/aromatic N) is 2. The van der Waals surface area contributed by atoms with Gasteiger partial charge in [0.25, 0.3) is 0 Å². The molecule has 126 valence electrons. The fraction of sp³-hybridized carbons (Fsp3) is 0.211. The number of ether oxygens (including phenoxy) is 2. The van der Waals surface area contributed by atoms with Crippen LogP contribution in [0.3, 0.4) is 0 Å². The summed E-state index contributed by atoms with van der Waals surface area (Å²) in [6.07, 6.45) is 1.49. The first-order valence-electron chi connectivity index (χ1n) is 8.04. The Balaban J connectivity index is 1.74. The van der Waals surface area contributed by atoms with Crippen molar-refractivity contribution in [3.8, 4) is 5.75 Å². The maximum Gasteiger partial charge on any atom is 0.238 e. The third-order valence-corrected chi connectivity index (χ3v) is 4.26. The molecule has 1 amide bonds. The van der Waals surface area contributed by atoms with Crippen LogP contribution in [-0.2, 0) is 9.53 Å². The Labute approximate surface area is 144 Å². The van der Waals surface area contributed by atoms with Crippen LogP contribution in [0.25, 0.3) is 10.9 Å². The number of para-hydroxylation sites is 1. The number of methoxy groups -OCH3 is 1. The number of fused-ring (bicyclic) bond motifs is 2. The van der Waals surface area contributed by atoms with Crippen molar-refractivity contribution in [1.82, 2.24) is 9.97 Å². The van der Waals surface area contributed by atoms with E-state index in [2.05, 4.69) is 15.3 Å². The summed E-state index contributed by atoms with van der Waals surface area (Å²) in [5.41, 5.74) is 3.23. The van der Waals surface area contributed by atoms with Gasteiger partial charge < -0.3 is 14.8 Å². The Morgan fingerprint density at radius 2 is 2.00 bits per heavy atom. The van der Waals surface area contributed by atoms with E-state index in [4.69, 9.17) is 9.47 Å². The van der Waals surface area contributed by atoms with Crippen LogP contribution in [0.15, 0.2) is 48.8 Å². The molecule has 1 aliphatic rings. The monoisotopic (exact) mass is 335 g/mol. The number of aromatic nitrogens is 2. The molecule has 0 radical (unpaired) electrons. The molecule has 0 bridgehead atoms. The van der Waals surface area contributed by atoms with Gasteiger partial charge in [-0.15, -0.1) is 0 Å². The van der Waals surface area contributed by atoms with Gasteiger partial charge in [-0.1, -0.05) is 18.2 Å². The van der Waals surface area contributed by atoms with Crippen molar-refractivity contribution in [1.29, 1.82) is 0 Å². The SMILES string of the molecule is COCCOc1ccc2c(C3C(=O)Nc4ccccc43)ncnc2c1. The van der Waals surface area contributed by atoms with Gasteiger partial charge in [0.05, 0.1) is 17.8 Å². The predicted molar refractivity (Wildman–Crippen MR) is 93.8 cm³/mol. The minimum absolute atomic E-state index is 0.0679. The molecule has 1 unspecified atom stereocenters. The summed E-state index contributed by atoms with van der Waals surface area (Å²) < 4.78 is 10.6. The van der Waals surface area contributed by atoms with Gasteiger partial charge in [0.2, 0.25) is 5.91 Å². The molecular formula is C19H17N3O3. The highest BCUT2D eigenvalue weighted by Crippen LogP contribution is 2.38. The van der Waals surface area contributed by atoms with Crippen molar-refractivity contribution >= 4 is 22.5 Å². The van der Waals surface area contributed by atoms with Crippen LogP contribution < -0.4 is 10.1 Å². The van der Waals surface area contributed by atoms with Crippen molar-refractivity contribution in [2.45, 2.75) is 5.92 Å². The number of hydrogen-bond acceptors (Lipinski definition) is 5. The number of carbonyl (C=O) groups excluding carboxylic acids is 1. The average molecular weight is 335 g/mol. The van der Waals surface area contributed by atoms with E-state index in [1.165, 1.54) is 6.33 Å². The fourth-order valence-electron chi connectivity index (χ4n) is 3.10. The highest BCUT2D eigenvalue weighted by Gasteiger charge is 2.33. The Kier molecular flexibility index (Phi) is 4.03. The van der Waals surface area contributed by atoms with Crippen LogP contribution in [0.4, 0.5) is 5.69 Å². The first-order valence-corrected chi connectivity index (χ1v) is 8.04. The van der Waals surface area contributed by atoms with Gasteiger partial charge in [0, 0.05) is 24.2 Å². The number of hydrogen-bond donors (Lipinski definition) is 1. The van der Waals surface area contributed by atoms with Gasteiger partial charge >= 0.3 is 0 Å². The molecule has 1 atom stereocenters. The number of rotatable bonds is 5. The maximum absolute atomic E-state index is 12.5. The molecule has 1 N–H and O–H groups in total. The molecule has 2 aromatic carbocycles. The first-order chi connectivity index (χ1) is 12.3. The van der Waals surface area contributed by atoms with Gasteiger partial charge in [-0.2, -0.15) is 0 Å². The molecule has 25 heavy (non-hydrogen) atoms. The second kappa shape index (κ2) is 6.49. The minimum Gasteiger partial charge on any atom is -0.491 e. The number of anilines is 1. The molecule has 0 aliphatic carbocycles. The largest absolute Gasteiger partial charge is 0.491 e. The molecule has 0 spiro atoms. The van der Waals surface area contributed by atoms with Gasteiger partial charge in [0.15, 0.2) is 0 Å². The Morgan fingerprint density at radius 1 is 1.12 bits per heavy atom. The molecule has 3 aromatic rings. The molecule has 0 saturated carbocycles. The van der Waals surface area contributed by atoms with Crippen LogP contribution in [0.1, 0.15) is 17.2 Å². The van der Waals surface area contributed by atoms with Gasteiger partial charge in [-0.3, -0.25) is 4.79 Å². The second-order valence-electron chi connectivity index (χ2n) is 5.79. The van der Waals surface area contributed by atoms with E-state index < -0.39 is 5.92 Å². The normalized spacial score (nSPS) is 15.9. The third kappa shape index (κ3) is 2.81. The number of amides is 1. The summed E-state index contributed by atoms with van der Waals surface area (Å²) in [5.74, 6) is 0.217. The zero-order valence-corrected chi connectivity index (χ0v) is 13.7. The van der Waals surface area contributed by atoms with Crippen LogP contribution in [-0.4, -0.2) is 36.2 Å². The van der Waals surface area contributed by atoms with E-state index in [0.717, 1.165) is 22.2 Å². The molecule has 6 heteroatoms. The quantitative estimate of drug-likeness (QED) is 0.726. The van der Waals surface area contributed by atoms with E-state index >= 15 is 0 Å². The molecule has 4 rings (SSSR count). The van der Waals surface area contributed by atoms with E-state index in [1.54, 1.807) is 7.11 Å². The number of benzene rings is 2. The lowest BCUT2D eigenvalue weighted by Gasteiger charge is -2.12. The minimum atomic E-state index is -0.429. The lowest BCUT2D eigenvalue weighted by atomic mass is 9.94. The predicted octanol–water partition coefficient (Wildman–Crippen LogP) is 2.74. The second-order valence-corrected chi connectivity index (χ2v) is 5.79. The van der Waals surface area contributed by atoms with Crippen LogP contribution in [0.2, 0.25) is 0 Å². The van der Waals surface area contributed by atoms with Crippen molar-refractivity contribution in [3.05, 3.63) is 60.0 Å². The maximum atomic E-state index is 12.5. The summed E-state index contributed by atoms with van der Waals surface area (Å²) >= 11 is 0. The van der Waals surface area contributed by atoms with Crippen LogP contribution in [0.5, 0.6) is 5.75 Å². The lowest BCUT2D eigenvalue weighted by Crippen LogP contribution is -2.15. The zero-order chi connectivity index (χ0) is 17.2. The highest BCUT2D eigenvalue weighted by atomic mass is 16.5. The summed E-state index contributed by atoms with van der Waals surface area (Å²) in [5, 5.41) is 3.76. The van der Waals surface area contributed by atoms with Crippen molar-refractivity contribution < 1.29 is 14.3 Å². The summed E-state index contributed by atoms with van der Waals surface area (Å²) in [6.45, 7) is 0.991. The smallest absolute Gasteiger partial charge is 0.238 e. The molecule has 0 fully saturated rings. The zero-order valence-electron chi connectivity index (χ0n) is 13.7. The number of carbonyl (C=O) groups is 1. The molecule has 1 aromatic heterocycles. The third-order valence-electron chi connectivity index (χ3n) is 4.26. The Bertz CT molecular complexity index is 942. The average Bonchev–Trinajstić information content (AvgIpc) is 2.97. The molecule has 2 heterocycles. The molecule has 0 saturated heterocycles. The van der Waals surface area contributed by atoms with Gasteiger partial charge in [-0.05, 0) is 23.8 Å². The lowest BCUT2D eigenvalue weighted by molar-refractivity contribution is -0.116. The van der Waals surface area contributed by atoms with Gasteiger partial charge in [-0.25, -0.2) is 9.97 Å². The topological polar surface area (TPSA) is 73.3 Å². The van der Waals surface area contributed by atoms with Crippen molar-refractivity contribution in [2.24, 2.45) is 0 Å². The fourth-order valence-corrected chi connectivity index (χ4v) is 3.10. The molecular weight excluding hydrogens is 318 g/mol. The van der Waals surface area contributed by atoms with Crippen LogP contribution in [0, 0.1) is 0 Å². The molecule has 1 aliphatic heterocycles. The van der Waals surface area contributed by atoms with E-state index in [-0.39, 0.29) is 5.91 Å². The van der Waals surface area contributed by atoms with E-state index in [0.29, 0.717) is 24.7 Å². The molecule has 6 nitrogen and oxygen atoms in total. The number of nitrogens with one attached hydrogen (secondary N) is 1. The van der Waals surface area contributed by atoms with E-state index in [1.807, 2.05) is 42.5 Å². The summed E-state index contributed by atoms with van der Waals surface area (Å²) in [4.78, 5) is 21.2. The Hall–Kier alpha value is -2.99. The standard InChI is InChI=1S/C19H17N3O3/c1-24-8-9-25-12-6-7-14-16(10-12)20-11-21-18(14)17-13-4-2-3-5-15(13)22-19(17)23/h2-7,10-11,17H,8-9H2,1H3,(H,22,23). The summed E-state index contributed by atoms with van der Waals surface area (Å²) in [6, 6.07) is 13.3. The highest BCUT2D eigenvalue weighted by molar-refractivity contribution is 6.06.